The lowest BCUT2D eigenvalue weighted by Crippen LogP contribution is -2.63. The van der Waals surface area contributed by atoms with Crippen molar-refractivity contribution < 1.29 is 47.0 Å². The smallest absolute Gasteiger partial charge is 0.311 e. The Morgan fingerprint density at radius 3 is 1.45 bits per heavy atom. The van der Waals surface area contributed by atoms with E-state index in [2.05, 4.69) is 31.5 Å². The number of halogens is 6. The number of anilines is 2. The fourth-order valence-corrected chi connectivity index (χ4v) is 20.4. The molecule has 14 nitrogen and oxygen atoms in total. The minimum Gasteiger partial charge on any atom is -0.469 e. The van der Waals surface area contributed by atoms with Gasteiger partial charge in [0.15, 0.2) is 0 Å². The maximum absolute atomic E-state index is 16.4. The van der Waals surface area contributed by atoms with Crippen LogP contribution >= 0.6 is 46.4 Å². The van der Waals surface area contributed by atoms with Crippen LogP contribution in [0.15, 0.2) is 72.8 Å². The van der Waals surface area contributed by atoms with E-state index < -0.39 is 79.4 Å². The number of carbonyl (C=O) groups excluding carboxylic acids is 6. The van der Waals surface area contributed by atoms with Crippen molar-refractivity contribution in [3.8, 4) is 0 Å². The van der Waals surface area contributed by atoms with Crippen LogP contribution < -0.4 is 26.6 Å². The maximum Gasteiger partial charge on any atom is 0.311 e. The minimum absolute atomic E-state index is 0.0403. The first-order valence-electron chi connectivity index (χ1n) is 31.6. The van der Waals surface area contributed by atoms with E-state index in [9.17, 15) is 24.0 Å². The maximum atomic E-state index is 16.4. The van der Waals surface area contributed by atoms with Crippen molar-refractivity contribution in [2.24, 2.45) is 10.8 Å². The van der Waals surface area contributed by atoms with Gasteiger partial charge in [-0.3, -0.25) is 39.0 Å². The van der Waals surface area contributed by atoms with Crippen LogP contribution in [-0.2, 0) is 49.1 Å². The Kier molecular flexibility index (Phi) is 15.7. The third-order valence-corrected chi connectivity index (χ3v) is 24.9. The van der Waals surface area contributed by atoms with Gasteiger partial charge in [0.1, 0.15) is 22.5 Å². The number of rotatable bonds is 9. The van der Waals surface area contributed by atoms with Crippen LogP contribution in [-0.4, -0.2) is 95.5 Å². The fourth-order valence-electron chi connectivity index (χ4n) is 19.7. The van der Waals surface area contributed by atoms with Crippen molar-refractivity contribution in [1.29, 1.82) is 0 Å². The summed E-state index contributed by atoms with van der Waals surface area (Å²) in [5.74, 6) is -4.22. The van der Waals surface area contributed by atoms with Crippen molar-refractivity contribution in [3.63, 3.8) is 0 Å². The number of amides is 4. The number of methoxy groups -OCH3 is 2. The summed E-state index contributed by atoms with van der Waals surface area (Å²) in [6.07, 6.45) is 16.2. The van der Waals surface area contributed by atoms with Crippen LogP contribution in [0.1, 0.15) is 182 Å². The molecule has 8 aliphatic carbocycles. The van der Waals surface area contributed by atoms with Gasteiger partial charge in [-0.25, -0.2) is 8.78 Å². The quantitative estimate of drug-likeness (QED) is 0.101. The molecule has 2 saturated heterocycles. The largest absolute Gasteiger partial charge is 0.469 e. The van der Waals surface area contributed by atoms with Crippen molar-refractivity contribution in [3.05, 3.63) is 127 Å². The zero-order valence-corrected chi connectivity index (χ0v) is 53.0. The van der Waals surface area contributed by atoms with Gasteiger partial charge in [-0.2, -0.15) is 0 Å². The minimum atomic E-state index is -1.27. The highest BCUT2D eigenvalue weighted by Gasteiger charge is 2.76. The molecule has 4 aliphatic heterocycles. The molecule has 12 aliphatic rings. The molecule has 4 aromatic rings. The number of likely N-dealkylation sites (N-methyl/N-ethyl adjacent to an activating group) is 1. The highest BCUT2D eigenvalue weighted by atomic mass is 35.5. The van der Waals surface area contributed by atoms with Crippen molar-refractivity contribution in [2.45, 2.75) is 205 Å². The van der Waals surface area contributed by atoms with Gasteiger partial charge in [-0.15, -0.1) is 0 Å². The van der Waals surface area contributed by atoms with Gasteiger partial charge in [0.2, 0.25) is 23.6 Å². The molecular weight excluding hydrogens is 1210 g/mol. The first kappa shape index (κ1) is 61.5. The van der Waals surface area contributed by atoms with Gasteiger partial charge >= 0.3 is 11.9 Å². The van der Waals surface area contributed by atoms with Crippen molar-refractivity contribution >= 4 is 93.3 Å². The van der Waals surface area contributed by atoms with Crippen LogP contribution in [0.25, 0.3) is 0 Å². The lowest BCUT2D eigenvalue weighted by molar-refractivity contribution is -0.162. The molecule has 6 atom stereocenters. The first-order chi connectivity index (χ1) is 42.2. The van der Waals surface area contributed by atoms with Gasteiger partial charge in [0.25, 0.3) is 0 Å². The van der Waals surface area contributed by atoms with E-state index in [4.69, 9.17) is 55.9 Å². The lowest BCUT2D eigenvalue weighted by atomic mass is 9.55. The van der Waals surface area contributed by atoms with E-state index in [0.29, 0.717) is 131 Å². The Labute approximate surface area is 532 Å². The molecular formula is C68H76Cl4F2N6O8. The average Bonchev–Trinajstić information content (AvgIpc) is 1.50. The summed E-state index contributed by atoms with van der Waals surface area (Å²) in [5.41, 5.74) is -2.74. The third-order valence-electron chi connectivity index (χ3n) is 23.8. The normalized spacial score (nSPS) is 33.6. The van der Waals surface area contributed by atoms with Gasteiger partial charge < -0.3 is 30.7 Å². The van der Waals surface area contributed by atoms with Crippen LogP contribution in [0.5, 0.6) is 0 Å². The van der Waals surface area contributed by atoms with E-state index in [1.54, 1.807) is 48.5 Å². The second-order valence-electron chi connectivity index (χ2n) is 27.3. The molecule has 4 bridgehead atoms. The zero-order valence-electron chi connectivity index (χ0n) is 50.0. The Hall–Kier alpha value is -5.36. The second kappa shape index (κ2) is 22.5. The highest BCUT2D eigenvalue weighted by Crippen LogP contribution is 2.68. The molecule has 0 aromatic heterocycles. The number of ether oxygens (including phenoxy) is 2. The first-order valence-corrected chi connectivity index (χ1v) is 33.2. The summed E-state index contributed by atoms with van der Waals surface area (Å²) in [7, 11) is 2.87. The van der Waals surface area contributed by atoms with Crippen molar-refractivity contribution in [1.82, 2.24) is 20.9 Å². The predicted octanol–water partition coefficient (Wildman–Crippen LogP) is 13.1. The van der Waals surface area contributed by atoms with Gasteiger partial charge in [-0.1, -0.05) is 128 Å². The zero-order chi connectivity index (χ0) is 62.0. The number of esters is 2. The van der Waals surface area contributed by atoms with Gasteiger partial charge in [0, 0.05) is 55.4 Å². The number of carbonyl (C=O) groups is 6. The Balaban J connectivity index is 0.000000162. The van der Waals surface area contributed by atoms with E-state index in [-0.39, 0.29) is 56.7 Å². The number of hydrogen-bond acceptors (Lipinski definition) is 10. The standard InChI is InChI=1S/C35H40Cl2FN3O4.C33H36Cl2FN3O4/c1-3-41-28(29(42)40-33-17-14-32(15-18-33,16-19-33)31(44)45-2)26(22-8-7-9-24(37)27(22)38)35(34(41)12-5-4-6-13-34)23-11-10-21(36)20-25(23)39-30(35)43;1-43-29(42)30-12-15-31(16-13-30,17-14-30)39-27(40)26-24(20-6-5-7-22(35)25(20)36)33(32(38-26)10-3-2-4-11-32)21-9-8-19(34)18-23(21)37-28(33)41/h7-11,20,26,28H,3-6,12-19H2,1-2H3,(H,39,43)(H,40,42);5-9,18,24,26,38H,2-4,10-17H2,1H3,(H,37,41)(H,39,40)/t26-,28+,32?,33?,35+;24-,26+,30?,31?,33+/m00/s1. The highest BCUT2D eigenvalue weighted by molar-refractivity contribution is 6.32. The topological polar surface area (TPSA) is 184 Å². The average molecular weight is 1290 g/mol. The van der Waals surface area contributed by atoms with Crippen LogP contribution in [0.3, 0.4) is 0 Å². The molecule has 16 rings (SSSR count). The molecule has 0 unspecified atom stereocenters. The van der Waals surface area contributed by atoms with E-state index in [1.165, 1.54) is 26.4 Å². The fraction of sp³-hybridized carbons (Fsp3) is 0.559. The molecule has 10 fully saturated rings. The Morgan fingerprint density at radius 2 is 0.989 bits per heavy atom. The second-order valence-corrected chi connectivity index (χ2v) is 29.0. The molecule has 468 valence electrons. The molecule has 4 spiro atoms. The van der Waals surface area contributed by atoms with Crippen LogP contribution in [0.4, 0.5) is 20.2 Å². The molecule has 0 radical (unpaired) electrons. The lowest BCUT2D eigenvalue weighted by Gasteiger charge is -2.52. The number of fused-ring (bicyclic) bond motifs is 12. The number of likely N-dealkylation sites (tertiary alicyclic amines) is 1. The number of benzene rings is 4. The van der Waals surface area contributed by atoms with Gasteiger partial charge in [0.05, 0.1) is 47.2 Å². The SMILES string of the molecule is CCN1[C@@H](C(=O)NC23CCC(C(=O)OC)(CC2)CC3)[C@H](c2cccc(Cl)c2F)[C@]2(C(=O)Nc3cc(Cl)ccc32)C12CCCCC2.COC(=O)C12CCC(NC(=O)[C@@H]3NC4(CCCCC4)[C@@]4(C(=O)Nc5cc(Cl)ccc54)[C@H]3c3cccc(Cl)c3F)(CC1)CC2. The van der Waals surface area contributed by atoms with Crippen LogP contribution in [0, 0.1) is 22.5 Å². The van der Waals surface area contributed by atoms with E-state index in [1.807, 2.05) is 19.1 Å². The monoisotopic (exact) mass is 1280 g/mol. The van der Waals surface area contributed by atoms with Crippen molar-refractivity contribution in [2.75, 3.05) is 31.4 Å². The molecule has 20 heteroatoms. The summed E-state index contributed by atoms with van der Waals surface area (Å²) in [4.78, 5) is 86.4. The summed E-state index contributed by atoms with van der Waals surface area (Å²) in [6.45, 7) is 2.54. The summed E-state index contributed by atoms with van der Waals surface area (Å²) < 4.78 is 42.8. The van der Waals surface area contributed by atoms with E-state index in [0.717, 1.165) is 49.7 Å². The number of nitrogens with zero attached hydrogens (tertiary/aromatic N) is 1. The van der Waals surface area contributed by atoms with Crippen LogP contribution in [0.2, 0.25) is 20.1 Å². The Morgan fingerprint density at radius 1 is 0.557 bits per heavy atom. The number of nitrogens with one attached hydrogen (secondary N) is 5. The van der Waals surface area contributed by atoms with E-state index >= 15 is 13.6 Å². The molecule has 5 N–H and O–H groups in total. The molecule has 4 heterocycles. The summed E-state index contributed by atoms with van der Waals surface area (Å²) in [6, 6.07) is 18.8. The summed E-state index contributed by atoms with van der Waals surface area (Å²) >= 11 is 25.6. The molecule has 4 amide bonds. The molecule has 8 saturated carbocycles. The molecule has 88 heavy (non-hydrogen) atoms. The third kappa shape index (κ3) is 8.91. The Bertz CT molecular complexity index is 3510. The number of hydrogen-bond donors (Lipinski definition) is 5. The van der Waals surface area contributed by atoms with Gasteiger partial charge in [-0.05, 0) is 168 Å². The summed E-state index contributed by atoms with van der Waals surface area (Å²) in [5, 5.41) is 17.6. The molecule has 4 aromatic carbocycles. The predicted molar refractivity (Wildman–Crippen MR) is 333 cm³/mol.